The van der Waals surface area contributed by atoms with Gasteiger partial charge in [-0.15, -0.1) is 0 Å². The first kappa shape index (κ1) is 12.2. The van der Waals surface area contributed by atoms with Crippen molar-refractivity contribution < 1.29 is 0 Å². The number of nitrogens with one attached hydrogen (secondary N) is 1. The largest absolute Gasteiger partial charge is 0.308 e. The van der Waals surface area contributed by atoms with Gasteiger partial charge in [0.2, 0.25) is 0 Å². The van der Waals surface area contributed by atoms with E-state index in [0.717, 1.165) is 6.54 Å². The van der Waals surface area contributed by atoms with Crippen LogP contribution in [0.15, 0.2) is 30.3 Å². The van der Waals surface area contributed by atoms with Crippen LogP contribution >= 0.6 is 0 Å². The average molecular weight is 206 g/mol. The number of likely N-dealkylation sites (N-methyl/N-ethyl adjacent to an activating group) is 1. The minimum absolute atomic E-state index is 0.418. The molecule has 15 heavy (non-hydrogen) atoms. The normalized spacial score (nSPS) is 13.5. The van der Waals surface area contributed by atoms with Gasteiger partial charge >= 0.3 is 0 Å². The third-order valence-electron chi connectivity index (χ3n) is 2.28. The first-order valence-corrected chi connectivity index (χ1v) is 5.55. The highest BCUT2D eigenvalue weighted by molar-refractivity contribution is 5.19. The highest BCUT2D eigenvalue weighted by Gasteiger charge is 2.12. The summed E-state index contributed by atoms with van der Waals surface area (Å²) in [4.78, 5) is 2.22. The summed E-state index contributed by atoms with van der Waals surface area (Å²) >= 11 is 0. The van der Waals surface area contributed by atoms with Gasteiger partial charge in [-0.05, 0) is 19.7 Å². The zero-order chi connectivity index (χ0) is 11.3. The van der Waals surface area contributed by atoms with Crippen LogP contribution in [0.5, 0.6) is 0 Å². The molecule has 0 radical (unpaired) electrons. The van der Waals surface area contributed by atoms with Crippen LogP contribution in [0.1, 0.15) is 25.5 Å². The molecule has 2 nitrogen and oxygen atoms in total. The summed E-state index contributed by atoms with van der Waals surface area (Å²) in [6.07, 6.45) is 0. The topological polar surface area (TPSA) is 15.3 Å². The van der Waals surface area contributed by atoms with Crippen molar-refractivity contribution in [2.24, 2.45) is 0 Å². The molecular formula is C13H22N2. The second kappa shape index (κ2) is 5.89. The molecule has 0 saturated heterocycles. The lowest BCUT2D eigenvalue weighted by Crippen LogP contribution is -2.35. The lowest BCUT2D eigenvalue weighted by atomic mass is 10.1. The monoisotopic (exact) mass is 206 g/mol. The quantitative estimate of drug-likeness (QED) is 0.795. The molecule has 1 rings (SSSR count). The van der Waals surface area contributed by atoms with Crippen LogP contribution in [0, 0.1) is 0 Å². The van der Waals surface area contributed by atoms with Crippen LogP contribution in [-0.2, 0) is 0 Å². The van der Waals surface area contributed by atoms with Gasteiger partial charge in [0.15, 0.2) is 0 Å². The molecule has 0 heterocycles. The van der Waals surface area contributed by atoms with Crippen molar-refractivity contribution >= 4 is 0 Å². The Labute approximate surface area is 93.3 Å². The second-order valence-corrected chi connectivity index (χ2v) is 4.55. The Morgan fingerprint density at radius 3 is 2.20 bits per heavy atom. The molecular weight excluding hydrogens is 184 g/mol. The van der Waals surface area contributed by atoms with Crippen molar-refractivity contribution in [3.63, 3.8) is 0 Å². The van der Waals surface area contributed by atoms with E-state index in [1.165, 1.54) is 5.56 Å². The lowest BCUT2D eigenvalue weighted by Gasteiger charge is -2.24. The first-order chi connectivity index (χ1) is 7.09. The van der Waals surface area contributed by atoms with Gasteiger partial charge in [0.1, 0.15) is 0 Å². The van der Waals surface area contributed by atoms with E-state index in [-0.39, 0.29) is 0 Å². The lowest BCUT2D eigenvalue weighted by molar-refractivity contribution is 0.329. The van der Waals surface area contributed by atoms with Crippen molar-refractivity contribution in [3.05, 3.63) is 35.9 Å². The third-order valence-corrected chi connectivity index (χ3v) is 2.28. The van der Waals surface area contributed by atoms with Crippen LogP contribution in [0.3, 0.4) is 0 Å². The summed E-state index contributed by atoms with van der Waals surface area (Å²) in [5.74, 6) is 0. The third kappa shape index (κ3) is 4.45. The Morgan fingerprint density at radius 1 is 1.13 bits per heavy atom. The smallest absolute Gasteiger partial charge is 0.0450 e. The summed E-state index contributed by atoms with van der Waals surface area (Å²) in [5.41, 5.74) is 1.36. The summed E-state index contributed by atoms with van der Waals surface area (Å²) in [6.45, 7) is 5.40. The molecule has 2 heteroatoms. The van der Waals surface area contributed by atoms with Gasteiger partial charge in [0.25, 0.3) is 0 Å². The Balaban J connectivity index is 2.72. The zero-order valence-electron chi connectivity index (χ0n) is 10.2. The standard InChI is InChI=1S/C13H22N2/c1-11(2)14-13(10-15(3)4)12-8-6-5-7-9-12/h5-9,11,13-14H,10H2,1-4H3/t13-/m1/s1. The SMILES string of the molecule is CC(C)N[C@H](CN(C)C)c1ccccc1. The molecule has 84 valence electrons. The van der Waals surface area contributed by atoms with Gasteiger partial charge in [-0.3, -0.25) is 0 Å². The molecule has 1 aromatic rings. The van der Waals surface area contributed by atoms with Crippen LogP contribution in [0.2, 0.25) is 0 Å². The van der Waals surface area contributed by atoms with Crippen molar-refractivity contribution in [1.82, 2.24) is 10.2 Å². The van der Waals surface area contributed by atoms with E-state index in [2.05, 4.69) is 68.5 Å². The summed E-state index contributed by atoms with van der Waals surface area (Å²) < 4.78 is 0. The highest BCUT2D eigenvalue weighted by Crippen LogP contribution is 2.13. The van der Waals surface area contributed by atoms with E-state index >= 15 is 0 Å². The van der Waals surface area contributed by atoms with Gasteiger partial charge in [-0.25, -0.2) is 0 Å². The van der Waals surface area contributed by atoms with Crippen molar-refractivity contribution in [2.45, 2.75) is 25.9 Å². The fourth-order valence-corrected chi connectivity index (χ4v) is 1.71. The van der Waals surface area contributed by atoms with Gasteiger partial charge < -0.3 is 10.2 Å². The van der Waals surface area contributed by atoms with Crippen molar-refractivity contribution in [1.29, 1.82) is 0 Å². The maximum atomic E-state index is 3.59. The Bertz CT molecular complexity index is 257. The highest BCUT2D eigenvalue weighted by atomic mass is 15.1. The molecule has 0 spiro atoms. The number of hydrogen-bond donors (Lipinski definition) is 1. The molecule has 0 aliphatic rings. The molecule has 0 saturated carbocycles. The molecule has 0 unspecified atom stereocenters. The van der Waals surface area contributed by atoms with Gasteiger partial charge in [0, 0.05) is 18.6 Å². The summed E-state index contributed by atoms with van der Waals surface area (Å²) in [6, 6.07) is 11.6. The van der Waals surface area contributed by atoms with E-state index in [1.807, 2.05) is 0 Å². The molecule has 1 aromatic carbocycles. The van der Waals surface area contributed by atoms with Gasteiger partial charge in [-0.2, -0.15) is 0 Å². The van der Waals surface area contributed by atoms with E-state index in [1.54, 1.807) is 0 Å². The molecule has 0 bridgehead atoms. The van der Waals surface area contributed by atoms with Crippen molar-refractivity contribution in [3.8, 4) is 0 Å². The zero-order valence-corrected chi connectivity index (χ0v) is 10.2. The van der Waals surface area contributed by atoms with E-state index in [0.29, 0.717) is 12.1 Å². The average Bonchev–Trinajstić information content (AvgIpc) is 2.17. The molecule has 0 aliphatic carbocycles. The molecule has 1 atom stereocenters. The fourth-order valence-electron chi connectivity index (χ4n) is 1.71. The first-order valence-electron chi connectivity index (χ1n) is 5.55. The van der Waals surface area contributed by atoms with Gasteiger partial charge in [0.05, 0.1) is 0 Å². The second-order valence-electron chi connectivity index (χ2n) is 4.55. The van der Waals surface area contributed by atoms with Crippen molar-refractivity contribution in [2.75, 3.05) is 20.6 Å². The number of rotatable bonds is 5. The minimum Gasteiger partial charge on any atom is -0.308 e. The van der Waals surface area contributed by atoms with Crippen LogP contribution in [0.25, 0.3) is 0 Å². The molecule has 0 fully saturated rings. The molecule has 1 N–H and O–H groups in total. The van der Waals surface area contributed by atoms with Crippen LogP contribution in [-0.4, -0.2) is 31.6 Å². The number of nitrogens with zero attached hydrogens (tertiary/aromatic N) is 1. The fraction of sp³-hybridized carbons (Fsp3) is 0.538. The maximum Gasteiger partial charge on any atom is 0.0450 e. The maximum absolute atomic E-state index is 3.59. The van der Waals surface area contributed by atoms with E-state index in [4.69, 9.17) is 0 Å². The summed E-state index contributed by atoms with van der Waals surface area (Å²) in [7, 11) is 4.22. The van der Waals surface area contributed by atoms with Gasteiger partial charge in [-0.1, -0.05) is 44.2 Å². The number of benzene rings is 1. The molecule has 0 aliphatic heterocycles. The Morgan fingerprint density at radius 2 is 1.73 bits per heavy atom. The molecule has 0 aromatic heterocycles. The predicted octanol–water partition coefficient (Wildman–Crippen LogP) is 2.29. The minimum atomic E-state index is 0.418. The van der Waals surface area contributed by atoms with Crippen LogP contribution < -0.4 is 5.32 Å². The van der Waals surface area contributed by atoms with E-state index in [9.17, 15) is 0 Å². The Hall–Kier alpha value is -0.860. The molecule has 0 amide bonds. The predicted molar refractivity (Wildman–Crippen MR) is 66.0 cm³/mol. The summed E-state index contributed by atoms with van der Waals surface area (Å²) in [5, 5.41) is 3.59. The number of hydrogen-bond acceptors (Lipinski definition) is 2. The Kier molecular flexibility index (Phi) is 4.79. The van der Waals surface area contributed by atoms with E-state index < -0.39 is 0 Å². The van der Waals surface area contributed by atoms with Crippen LogP contribution in [0.4, 0.5) is 0 Å².